The summed E-state index contributed by atoms with van der Waals surface area (Å²) in [5.41, 5.74) is 10.1. The quantitative estimate of drug-likeness (QED) is 0.656. The average molecular weight is 308 g/mol. The van der Waals surface area contributed by atoms with Gasteiger partial charge in [0.25, 0.3) is 0 Å². The molecule has 116 valence electrons. The maximum Gasteiger partial charge on any atom is 0.151 e. The molecule has 21 heavy (non-hydrogen) atoms. The molecule has 0 bridgehead atoms. The zero-order chi connectivity index (χ0) is 15.6. The van der Waals surface area contributed by atoms with Gasteiger partial charge in [0.2, 0.25) is 0 Å². The highest BCUT2D eigenvalue weighted by Gasteiger charge is 2.16. The third kappa shape index (κ3) is 3.32. The van der Waals surface area contributed by atoms with Gasteiger partial charge in [-0.05, 0) is 32.3 Å². The Kier molecular flexibility index (Phi) is 5.11. The molecule has 2 aromatic rings. The molecule has 2 rings (SSSR count). The lowest BCUT2D eigenvalue weighted by atomic mass is 10.2. The van der Waals surface area contributed by atoms with E-state index < -0.39 is 11.2 Å². The molecule has 0 aliphatic heterocycles. The second-order valence-corrected chi connectivity index (χ2v) is 6.98. The number of aromatic nitrogens is 3. The first-order valence-corrected chi connectivity index (χ1v) is 9.10. The number of nitrogens with two attached hydrogens (primary N) is 1. The minimum absolute atomic E-state index is 0.510. The van der Waals surface area contributed by atoms with Crippen molar-refractivity contribution in [3.05, 3.63) is 17.1 Å². The molecule has 2 N–H and O–H groups in total. The minimum atomic E-state index is -0.715. The maximum atomic E-state index is 11.2. The molecule has 0 aromatic carbocycles. The molecule has 1 atom stereocenters. The van der Waals surface area contributed by atoms with Crippen LogP contribution in [-0.2, 0) is 24.1 Å². The van der Waals surface area contributed by atoms with Crippen LogP contribution in [0.5, 0.6) is 0 Å². The fourth-order valence-electron chi connectivity index (χ4n) is 2.63. The summed E-state index contributed by atoms with van der Waals surface area (Å²) in [4.78, 5) is 9.03. The predicted molar refractivity (Wildman–Crippen MR) is 89.0 cm³/mol. The summed E-state index contributed by atoms with van der Waals surface area (Å²) in [5.74, 6) is 2.32. The largest absolute Gasteiger partial charge is 0.617 e. The number of rotatable bonds is 6. The van der Waals surface area contributed by atoms with Crippen LogP contribution in [-0.4, -0.2) is 31.1 Å². The Morgan fingerprint density at radius 2 is 1.95 bits per heavy atom. The first-order valence-electron chi connectivity index (χ1n) is 7.37. The molecule has 1 unspecified atom stereocenters. The first kappa shape index (κ1) is 16.1. The molecule has 0 aliphatic rings. The summed E-state index contributed by atoms with van der Waals surface area (Å²) in [6.45, 7) is 7.04. The summed E-state index contributed by atoms with van der Waals surface area (Å²) in [7, 11) is 0. The highest BCUT2D eigenvalue weighted by molar-refractivity contribution is 7.90. The Hall–Kier alpha value is -1.27. The van der Waals surface area contributed by atoms with Gasteiger partial charge >= 0.3 is 0 Å². The van der Waals surface area contributed by atoms with Crippen LogP contribution in [0.4, 0.5) is 5.82 Å². The van der Waals surface area contributed by atoms with Gasteiger partial charge in [0.1, 0.15) is 17.1 Å². The van der Waals surface area contributed by atoms with E-state index in [9.17, 15) is 4.55 Å². The number of imidazole rings is 1. The first-order chi connectivity index (χ1) is 9.95. The van der Waals surface area contributed by atoms with Gasteiger partial charge in [-0.1, -0.05) is 18.1 Å². The van der Waals surface area contributed by atoms with Crippen LogP contribution in [0, 0.1) is 13.8 Å². The normalized spacial score (nSPS) is 13.0. The summed E-state index contributed by atoms with van der Waals surface area (Å²) in [5, 5.41) is 0. The monoisotopic (exact) mass is 308 g/mol. The molecule has 6 heteroatoms. The predicted octanol–water partition coefficient (Wildman–Crippen LogP) is 2.35. The average Bonchev–Trinajstić information content (AvgIpc) is 2.80. The van der Waals surface area contributed by atoms with Crippen LogP contribution in [0.3, 0.4) is 0 Å². The highest BCUT2D eigenvalue weighted by atomic mass is 32.2. The Morgan fingerprint density at radius 1 is 1.24 bits per heavy atom. The molecular formula is C15H24N4OS. The standard InChI is InChI=1S/C15H24N4OS/c1-5-12-18-13-14(10(2)11(3)17-15(13)16)19(12)8-6-7-9-21(4)20/h5-9H2,1-4H3,(H2,16,17). The summed E-state index contributed by atoms with van der Waals surface area (Å²) in [6.07, 6.45) is 4.58. The van der Waals surface area contributed by atoms with Crippen LogP contribution in [0.2, 0.25) is 0 Å². The molecule has 0 radical (unpaired) electrons. The van der Waals surface area contributed by atoms with E-state index in [4.69, 9.17) is 5.73 Å². The molecule has 0 saturated carbocycles. The lowest BCUT2D eigenvalue weighted by molar-refractivity contribution is 0.585. The van der Waals surface area contributed by atoms with Gasteiger partial charge in [0, 0.05) is 18.7 Å². The lowest BCUT2D eigenvalue weighted by Gasteiger charge is -2.11. The van der Waals surface area contributed by atoms with Gasteiger partial charge in [-0.25, -0.2) is 9.97 Å². The molecule has 2 heterocycles. The maximum absolute atomic E-state index is 11.2. The van der Waals surface area contributed by atoms with Gasteiger partial charge < -0.3 is 14.9 Å². The molecule has 0 saturated heterocycles. The zero-order valence-corrected chi connectivity index (χ0v) is 14.1. The van der Waals surface area contributed by atoms with Crippen molar-refractivity contribution in [3.63, 3.8) is 0 Å². The number of pyridine rings is 1. The Bertz CT molecular complexity index is 636. The molecule has 5 nitrogen and oxygen atoms in total. The topological polar surface area (TPSA) is 79.8 Å². The summed E-state index contributed by atoms with van der Waals surface area (Å²) < 4.78 is 13.4. The smallest absolute Gasteiger partial charge is 0.151 e. The van der Waals surface area contributed by atoms with Crippen molar-refractivity contribution in [3.8, 4) is 0 Å². The van der Waals surface area contributed by atoms with Gasteiger partial charge in [-0.3, -0.25) is 0 Å². The second-order valence-electron chi connectivity index (χ2n) is 5.42. The van der Waals surface area contributed by atoms with E-state index >= 15 is 0 Å². The molecule has 0 amide bonds. The Balaban J connectivity index is 2.36. The fraction of sp³-hybridized carbons (Fsp3) is 0.600. The number of fused-ring (bicyclic) bond motifs is 1. The number of nitrogen functional groups attached to an aromatic ring is 1. The number of nitrogens with zero attached hydrogens (tertiary/aromatic N) is 3. The van der Waals surface area contributed by atoms with E-state index in [2.05, 4.69) is 28.4 Å². The van der Waals surface area contributed by atoms with Crippen LogP contribution >= 0.6 is 0 Å². The van der Waals surface area contributed by atoms with Crippen molar-refractivity contribution in [2.75, 3.05) is 17.7 Å². The van der Waals surface area contributed by atoms with Gasteiger partial charge in [-0.15, -0.1) is 0 Å². The minimum Gasteiger partial charge on any atom is -0.617 e. The Morgan fingerprint density at radius 3 is 2.57 bits per heavy atom. The molecule has 0 fully saturated rings. The lowest BCUT2D eigenvalue weighted by Crippen LogP contribution is -2.08. The SMILES string of the molecule is CCc1nc2c(N)nc(C)c(C)c2n1CCCC[S+](C)[O-]. The second kappa shape index (κ2) is 6.66. The van der Waals surface area contributed by atoms with E-state index in [1.165, 1.54) is 0 Å². The number of anilines is 1. The third-order valence-electron chi connectivity index (χ3n) is 3.86. The van der Waals surface area contributed by atoms with Crippen LogP contribution in [0.15, 0.2) is 0 Å². The number of unbranched alkanes of at least 4 members (excludes halogenated alkanes) is 1. The van der Waals surface area contributed by atoms with Crippen molar-refractivity contribution in [2.24, 2.45) is 0 Å². The zero-order valence-electron chi connectivity index (χ0n) is 13.3. The van der Waals surface area contributed by atoms with Crippen molar-refractivity contribution in [1.29, 1.82) is 0 Å². The highest BCUT2D eigenvalue weighted by Crippen LogP contribution is 2.26. The van der Waals surface area contributed by atoms with Crippen molar-refractivity contribution in [1.82, 2.24) is 14.5 Å². The van der Waals surface area contributed by atoms with Crippen molar-refractivity contribution < 1.29 is 4.55 Å². The van der Waals surface area contributed by atoms with E-state index in [1.54, 1.807) is 6.26 Å². The Labute approximate surface area is 129 Å². The van der Waals surface area contributed by atoms with Gasteiger partial charge in [0.15, 0.2) is 5.82 Å². The molecule has 2 aromatic heterocycles. The van der Waals surface area contributed by atoms with E-state index in [0.29, 0.717) is 5.82 Å². The van der Waals surface area contributed by atoms with Crippen molar-refractivity contribution in [2.45, 2.75) is 46.6 Å². The molecular weight excluding hydrogens is 284 g/mol. The van der Waals surface area contributed by atoms with Crippen LogP contribution < -0.4 is 5.73 Å². The van der Waals surface area contributed by atoms with E-state index in [-0.39, 0.29) is 0 Å². The fourth-order valence-corrected chi connectivity index (χ4v) is 3.24. The molecule has 0 spiro atoms. The summed E-state index contributed by atoms with van der Waals surface area (Å²) in [6, 6.07) is 0. The molecule has 0 aliphatic carbocycles. The summed E-state index contributed by atoms with van der Waals surface area (Å²) >= 11 is -0.715. The van der Waals surface area contributed by atoms with Crippen LogP contribution in [0.1, 0.15) is 36.8 Å². The van der Waals surface area contributed by atoms with Gasteiger partial charge in [0.05, 0.1) is 11.8 Å². The van der Waals surface area contributed by atoms with Gasteiger partial charge in [-0.2, -0.15) is 0 Å². The number of hydrogen-bond acceptors (Lipinski definition) is 4. The van der Waals surface area contributed by atoms with E-state index in [1.807, 2.05) is 6.92 Å². The van der Waals surface area contributed by atoms with E-state index in [0.717, 1.165) is 59.7 Å². The number of hydrogen-bond donors (Lipinski definition) is 1. The third-order valence-corrected chi connectivity index (χ3v) is 4.72. The number of aryl methyl sites for hydroxylation is 4. The van der Waals surface area contributed by atoms with Crippen molar-refractivity contribution >= 4 is 28.0 Å². The van der Waals surface area contributed by atoms with Crippen LogP contribution in [0.25, 0.3) is 11.0 Å².